The van der Waals surface area contributed by atoms with Crippen LogP contribution in [0.4, 0.5) is 15.9 Å². The number of hydrogen-bond acceptors (Lipinski definition) is 15. The minimum atomic E-state index is -1.05. The van der Waals surface area contributed by atoms with Crippen molar-refractivity contribution in [3.63, 3.8) is 0 Å². The van der Waals surface area contributed by atoms with Gasteiger partial charge in [-0.25, -0.2) is 15.9 Å². The molecule has 3 amide bonds. The highest BCUT2D eigenvalue weighted by Gasteiger charge is 2.45. The van der Waals surface area contributed by atoms with Crippen molar-refractivity contribution in [3.05, 3.63) is 118 Å². The van der Waals surface area contributed by atoms with Gasteiger partial charge < -0.3 is 49.1 Å². The molecule has 3 aromatic carbocycles. The second-order valence-corrected chi connectivity index (χ2v) is 24.0. The average molecular weight is 1160 g/mol. The molecule has 4 aliphatic rings. The van der Waals surface area contributed by atoms with Gasteiger partial charge in [-0.3, -0.25) is 24.1 Å². The first kappa shape index (κ1) is 60.0. The lowest BCUT2D eigenvalue weighted by Gasteiger charge is -2.41. The number of carbonyl (C=O) groups excluding carboxylic acids is 4. The number of aliphatic hydroxyl groups is 1. The molecule has 18 nitrogen and oxygen atoms in total. The Balaban J connectivity index is 0.739. The normalized spacial score (nSPS) is 19.7. The van der Waals surface area contributed by atoms with E-state index in [9.17, 15) is 28.7 Å². The SMILES string of the molecule is [C-]#[N+]C[C@H]1CN(c2nc(OC[C@@H]3CCCN3CCOCCOCCC(=O)C[C@H](C(=O)N3C[C@H](O)C[C@H]3C(=O)NCc3ccc(-c4scnc4C)cc3)C(C)(C)C)nc3c2CCN(c2cccc4cccc(Cl)c24)C3)CCN1C(=O)C(=C)F. The van der Waals surface area contributed by atoms with Gasteiger partial charge in [-0.15, -0.1) is 11.3 Å². The number of Topliss-reactive ketones (excluding diaryl/α,β-unsaturated/α-hetero) is 1. The number of fused-ring (bicyclic) bond motifs is 2. The Morgan fingerprint density at radius 2 is 1.72 bits per heavy atom. The number of halogens is 2. The van der Waals surface area contributed by atoms with E-state index in [4.69, 9.17) is 42.4 Å². The third kappa shape index (κ3) is 14.4. The summed E-state index contributed by atoms with van der Waals surface area (Å²) >= 11 is 8.37. The molecule has 436 valence electrons. The lowest BCUT2D eigenvalue weighted by atomic mass is 9.76. The number of rotatable bonds is 23. The van der Waals surface area contributed by atoms with Crippen molar-refractivity contribution in [1.82, 2.24) is 35.0 Å². The Bertz CT molecular complexity index is 3150. The van der Waals surface area contributed by atoms with Crippen LogP contribution in [0.5, 0.6) is 6.01 Å². The zero-order valence-corrected chi connectivity index (χ0v) is 48.9. The smallest absolute Gasteiger partial charge is 0.318 e. The topological polar surface area (TPSA) is 187 Å². The summed E-state index contributed by atoms with van der Waals surface area (Å²) in [6.45, 7) is 24.0. The van der Waals surface area contributed by atoms with Gasteiger partial charge in [0.2, 0.25) is 18.4 Å². The molecule has 0 bridgehead atoms. The van der Waals surface area contributed by atoms with E-state index in [0.717, 1.165) is 68.8 Å². The minimum Gasteiger partial charge on any atom is -0.462 e. The maximum atomic E-state index is 14.2. The molecule has 0 radical (unpaired) electrons. The summed E-state index contributed by atoms with van der Waals surface area (Å²) in [6.07, 6.45) is 1.90. The van der Waals surface area contributed by atoms with E-state index in [0.29, 0.717) is 63.3 Å². The molecule has 21 heteroatoms. The highest BCUT2D eigenvalue weighted by molar-refractivity contribution is 7.13. The largest absolute Gasteiger partial charge is 0.462 e. The van der Waals surface area contributed by atoms with Crippen LogP contribution in [0.1, 0.15) is 75.4 Å². The van der Waals surface area contributed by atoms with Crippen LogP contribution in [0.2, 0.25) is 5.02 Å². The number of aryl methyl sites for hydroxylation is 1. The quantitative estimate of drug-likeness (QED) is 0.0366. The molecule has 6 heterocycles. The van der Waals surface area contributed by atoms with Gasteiger partial charge in [0.1, 0.15) is 30.3 Å². The minimum absolute atomic E-state index is 0.00624. The zero-order chi connectivity index (χ0) is 58.1. The van der Waals surface area contributed by atoms with Crippen LogP contribution in [0, 0.1) is 24.8 Å². The highest BCUT2D eigenvalue weighted by Crippen LogP contribution is 2.39. The molecule has 3 fully saturated rings. The molecular formula is C61H74ClFN10O8S. The Morgan fingerprint density at radius 3 is 2.45 bits per heavy atom. The number of aromatic nitrogens is 3. The summed E-state index contributed by atoms with van der Waals surface area (Å²) in [4.78, 5) is 82.5. The van der Waals surface area contributed by atoms with Crippen molar-refractivity contribution in [2.24, 2.45) is 11.3 Å². The van der Waals surface area contributed by atoms with E-state index in [1.54, 1.807) is 11.3 Å². The summed E-state index contributed by atoms with van der Waals surface area (Å²) in [5.41, 5.74) is 6.93. The molecule has 5 aromatic rings. The summed E-state index contributed by atoms with van der Waals surface area (Å²) < 4.78 is 32.4. The van der Waals surface area contributed by atoms with Crippen LogP contribution in [0.15, 0.2) is 78.6 Å². The van der Waals surface area contributed by atoms with Gasteiger partial charge in [-0.05, 0) is 66.8 Å². The molecule has 82 heavy (non-hydrogen) atoms. The van der Waals surface area contributed by atoms with Crippen LogP contribution in [-0.2, 0) is 48.2 Å². The molecule has 0 aliphatic carbocycles. The number of ether oxygens (including phenoxy) is 3. The molecular weight excluding hydrogens is 1090 g/mol. The Hall–Kier alpha value is -6.60. The lowest BCUT2D eigenvalue weighted by molar-refractivity contribution is -0.146. The predicted molar refractivity (Wildman–Crippen MR) is 314 cm³/mol. The fraction of sp³-hybridized carbons (Fsp3) is 0.508. The standard InChI is InChI=1S/C61H74ClFN10O8S/c1-39(63)58(77)72-24-23-71(34-45(72)33-64-6)56-48-19-22-70(52-14-8-11-42-10-7-13-50(62)54(42)52)36-51(48)67-60(68-56)81-37-44-12-9-21-69(44)25-27-80-29-28-79-26-20-46(74)30-49(61(3,4)5)59(78)73-35-47(75)31-53(73)57(76)65-32-41-15-17-43(18-16-41)55-40(2)66-38-82-55/h7-8,10-11,13-18,38,44-45,47,49,53,75H,1,9,12,19-37H2,2-5H3,(H,65,76)/t44-,45-,47+,49+,53-/m0/s1. The first-order valence-corrected chi connectivity index (χ1v) is 29.6. The highest BCUT2D eigenvalue weighted by atomic mass is 35.5. The number of hydrogen-bond donors (Lipinski definition) is 2. The maximum absolute atomic E-state index is 14.2. The van der Waals surface area contributed by atoms with E-state index in [1.807, 2.05) is 87.8 Å². The van der Waals surface area contributed by atoms with Crippen molar-refractivity contribution in [1.29, 1.82) is 0 Å². The van der Waals surface area contributed by atoms with E-state index in [1.165, 1.54) is 9.80 Å². The maximum Gasteiger partial charge on any atom is 0.318 e. The second kappa shape index (κ2) is 27.2. The van der Waals surface area contributed by atoms with Crippen LogP contribution >= 0.6 is 22.9 Å². The van der Waals surface area contributed by atoms with Gasteiger partial charge in [-0.1, -0.05) is 87.5 Å². The Labute approximate surface area is 488 Å². The molecule has 0 spiro atoms. The summed E-state index contributed by atoms with van der Waals surface area (Å²) in [5.74, 6) is -2.65. The summed E-state index contributed by atoms with van der Waals surface area (Å²) in [6, 6.07) is 18.9. The van der Waals surface area contributed by atoms with Crippen LogP contribution < -0.4 is 19.9 Å². The first-order valence-electron chi connectivity index (χ1n) is 28.3. The number of likely N-dealkylation sites (tertiary alicyclic amines) is 2. The van der Waals surface area contributed by atoms with Crippen molar-refractivity contribution in [3.8, 4) is 16.5 Å². The number of amides is 3. The van der Waals surface area contributed by atoms with E-state index in [-0.39, 0.29) is 94.8 Å². The first-order chi connectivity index (χ1) is 39.5. The fourth-order valence-corrected chi connectivity index (χ4v) is 12.8. The summed E-state index contributed by atoms with van der Waals surface area (Å²) in [7, 11) is 0. The van der Waals surface area contributed by atoms with Crippen LogP contribution in [-0.4, -0.2) is 168 Å². The molecule has 5 atom stereocenters. The molecule has 0 unspecified atom stereocenters. The van der Waals surface area contributed by atoms with Crippen molar-refractivity contribution in [2.45, 2.75) is 104 Å². The second-order valence-electron chi connectivity index (χ2n) is 22.7. The Kier molecular flexibility index (Phi) is 19.9. The number of nitrogens with zero attached hydrogens (tertiary/aromatic N) is 9. The Morgan fingerprint density at radius 1 is 0.951 bits per heavy atom. The molecule has 9 rings (SSSR count). The van der Waals surface area contributed by atoms with Gasteiger partial charge in [0.05, 0.1) is 65.9 Å². The zero-order valence-electron chi connectivity index (χ0n) is 47.3. The van der Waals surface area contributed by atoms with E-state index >= 15 is 0 Å². The molecule has 4 aliphatic heterocycles. The molecule has 0 saturated carbocycles. The van der Waals surface area contributed by atoms with Crippen LogP contribution in [0.25, 0.3) is 26.1 Å². The predicted octanol–water partition coefficient (Wildman–Crippen LogP) is 7.86. The van der Waals surface area contributed by atoms with Crippen molar-refractivity contribution < 1.29 is 42.9 Å². The van der Waals surface area contributed by atoms with Crippen molar-refractivity contribution in [2.75, 3.05) is 95.2 Å². The van der Waals surface area contributed by atoms with E-state index in [2.05, 4.69) is 42.5 Å². The number of aliphatic hydroxyl groups excluding tert-OH is 1. The average Bonchev–Trinajstić information content (AvgIpc) is 4.30. The van der Waals surface area contributed by atoms with Gasteiger partial charge in [0.25, 0.3) is 5.91 Å². The lowest BCUT2D eigenvalue weighted by Crippen LogP contribution is -2.57. The number of β-amino-alcohol motifs (C(OH)–C–C–N with tert-alkyl or cyclic N) is 1. The van der Waals surface area contributed by atoms with Gasteiger partial charge in [-0.2, -0.15) is 9.97 Å². The van der Waals surface area contributed by atoms with Gasteiger partial charge in [0, 0.05) is 93.7 Å². The third-order valence-electron chi connectivity index (χ3n) is 16.2. The number of anilines is 2. The fourth-order valence-electron chi connectivity index (χ4n) is 11.7. The number of piperazine rings is 1. The van der Waals surface area contributed by atoms with Gasteiger partial charge >= 0.3 is 6.01 Å². The third-order valence-corrected chi connectivity index (χ3v) is 17.5. The van der Waals surface area contributed by atoms with E-state index < -0.39 is 41.3 Å². The molecule has 2 N–H and O–H groups in total. The van der Waals surface area contributed by atoms with Gasteiger partial charge in [0.15, 0.2) is 5.83 Å². The van der Waals surface area contributed by atoms with Crippen molar-refractivity contribution >= 4 is 68.7 Å². The number of benzene rings is 3. The number of carbonyl (C=O) groups is 4. The molecule has 3 saturated heterocycles. The number of thiazole rings is 1. The monoisotopic (exact) mass is 1160 g/mol. The number of nitrogens with one attached hydrogen (secondary N) is 1. The molecule has 2 aromatic heterocycles. The summed E-state index contributed by atoms with van der Waals surface area (Å²) in [5, 5.41) is 16.3. The number of ketones is 1. The van der Waals surface area contributed by atoms with Crippen LogP contribution in [0.3, 0.4) is 0 Å².